The molecule has 4 N–H and O–H groups in total. The summed E-state index contributed by atoms with van der Waals surface area (Å²) in [6, 6.07) is 0. The standard InChI is InChI=1S/C17H30N6O5/c1-18-9-12-10-23(21-20-12)11-14-17(26)16(25)13(28-14)8-15(24)19-2-3-22-4-6-27-7-5-22/h10,13-14,16-18,25-26H,2-9,11H2,1H3,(H,19,24)/t13-,14+,16-,17+/m0/s1. The van der Waals surface area contributed by atoms with E-state index in [9.17, 15) is 15.0 Å². The molecule has 11 nitrogen and oxygen atoms in total. The van der Waals surface area contributed by atoms with Gasteiger partial charge in [0.15, 0.2) is 0 Å². The number of carbonyl (C=O) groups excluding carboxylic acids is 1. The number of aliphatic hydroxyl groups excluding tert-OH is 2. The number of hydrogen-bond donors (Lipinski definition) is 4. The van der Waals surface area contributed by atoms with Gasteiger partial charge in [0.05, 0.1) is 38.0 Å². The summed E-state index contributed by atoms with van der Waals surface area (Å²) >= 11 is 0. The lowest BCUT2D eigenvalue weighted by Gasteiger charge is -2.26. The Labute approximate surface area is 164 Å². The van der Waals surface area contributed by atoms with E-state index in [0.717, 1.165) is 38.5 Å². The minimum atomic E-state index is -1.12. The van der Waals surface area contributed by atoms with Crippen LogP contribution in [0.25, 0.3) is 0 Å². The molecule has 2 aliphatic rings. The third-order valence-corrected chi connectivity index (χ3v) is 5.01. The van der Waals surface area contributed by atoms with E-state index >= 15 is 0 Å². The van der Waals surface area contributed by atoms with Gasteiger partial charge in [-0.3, -0.25) is 9.69 Å². The maximum Gasteiger partial charge on any atom is 0.222 e. The van der Waals surface area contributed by atoms with Crippen LogP contribution in [0.4, 0.5) is 0 Å². The SMILES string of the molecule is CNCc1cn(C[C@H]2O[C@@H](CC(=O)NCCN3CCOCC3)[C@H](O)[C@@H]2O)nn1. The molecule has 1 aromatic rings. The zero-order valence-corrected chi connectivity index (χ0v) is 16.2. The first kappa shape index (κ1) is 21.1. The van der Waals surface area contributed by atoms with E-state index in [0.29, 0.717) is 13.1 Å². The molecule has 0 saturated carbocycles. The molecule has 158 valence electrons. The molecule has 0 aliphatic carbocycles. The Morgan fingerprint density at radius 3 is 2.79 bits per heavy atom. The van der Waals surface area contributed by atoms with Crippen molar-refractivity contribution in [3.05, 3.63) is 11.9 Å². The molecule has 2 aliphatic heterocycles. The second kappa shape index (κ2) is 10.2. The number of aliphatic hydroxyl groups is 2. The third-order valence-electron chi connectivity index (χ3n) is 5.01. The fraction of sp³-hybridized carbons (Fsp3) is 0.824. The van der Waals surface area contributed by atoms with Crippen LogP contribution in [0.3, 0.4) is 0 Å². The van der Waals surface area contributed by atoms with Crippen LogP contribution in [0.1, 0.15) is 12.1 Å². The van der Waals surface area contributed by atoms with Crippen LogP contribution in [0.2, 0.25) is 0 Å². The van der Waals surface area contributed by atoms with Gasteiger partial charge in [0, 0.05) is 38.9 Å². The summed E-state index contributed by atoms with van der Waals surface area (Å²) in [6.07, 6.45) is -1.84. The molecule has 28 heavy (non-hydrogen) atoms. The van der Waals surface area contributed by atoms with Gasteiger partial charge in [0.2, 0.25) is 5.91 Å². The number of aromatic nitrogens is 3. The van der Waals surface area contributed by atoms with Crippen LogP contribution in [-0.2, 0) is 27.4 Å². The lowest BCUT2D eigenvalue weighted by atomic mass is 10.1. The third kappa shape index (κ3) is 5.69. The predicted molar refractivity (Wildman–Crippen MR) is 98.3 cm³/mol. The van der Waals surface area contributed by atoms with E-state index in [-0.39, 0.29) is 18.9 Å². The largest absolute Gasteiger partial charge is 0.388 e. The molecule has 1 aromatic heterocycles. The highest BCUT2D eigenvalue weighted by Gasteiger charge is 2.43. The van der Waals surface area contributed by atoms with Crippen LogP contribution in [-0.4, -0.2) is 107 Å². The van der Waals surface area contributed by atoms with Gasteiger partial charge in [-0.25, -0.2) is 4.68 Å². The monoisotopic (exact) mass is 398 g/mol. The van der Waals surface area contributed by atoms with Gasteiger partial charge in [0.25, 0.3) is 0 Å². The van der Waals surface area contributed by atoms with Crippen LogP contribution in [0.5, 0.6) is 0 Å². The molecule has 4 atom stereocenters. The zero-order valence-electron chi connectivity index (χ0n) is 16.2. The fourth-order valence-corrected chi connectivity index (χ4v) is 3.45. The van der Waals surface area contributed by atoms with E-state index in [1.807, 2.05) is 7.05 Å². The Morgan fingerprint density at radius 2 is 2.04 bits per heavy atom. The summed E-state index contributed by atoms with van der Waals surface area (Å²) in [4.78, 5) is 14.4. The predicted octanol–water partition coefficient (Wildman–Crippen LogP) is -2.67. The fourth-order valence-electron chi connectivity index (χ4n) is 3.45. The summed E-state index contributed by atoms with van der Waals surface area (Å²) in [5.74, 6) is -0.206. The second-order valence-corrected chi connectivity index (χ2v) is 7.16. The average molecular weight is 398 g/mol. The van der Waals surface area contributed by atoms with Crippen LogP contribution >= 0.6 is 0 Å². The van der Waals surface area contributed by atoms with Gasteiger partial charge in [-0.2, -0.15) is 0 Å². The zero-order chi connectivity index (χ0) is 19.9. The van der Waals surface area contributed by atoms with Crippen LogP contribution in [0.15, 0.2) is 6.20 Å². The Hall–Kier alpha value is -1.63. The van der Waals surface area contributed by atoms with E-state index in [1.54, 1.807) is 10.9 Å². The van der Waals surface area contributed by atoms with Crippen molar-refractivity contribution in [3.8, 4) is 0 Å². The molecular weight excluding hydrogens is 368 g/mol. The van der Waals surface area contributed by atoms with E-state index in [4.69, 9.17) is 9.47 Å². The Kier molecular flexibility index (Phi) is 7.71. The van der Waals surface area contributed by atoms with Crippen molar-refractivity contribution in [2.75, 3.05) is 46.4 Å². The van der Waals surface area contributed by atoms with Crippen molar-refractivity contribution in [1.29, 1.82) is 0 Å². The summed E-state index contributed by atoms with van der Waals surface area (Å²) in [6.45, 7) is 5.30. The van der Waals surface area contributed by atoms with Crippen molar-refractivity contribution in [1.82, 2.24) is 30.5 Å². The van der Waals surface area contributed by atoms with Gasteiger partial charge in [0.1, 0.15) is 18.3 Å². The van der Waals surface area contributed by atoms with E-state index in [1.165, 1.54) is 0 Å². The summed E-state index contributed by atoms with van der Waals surface area (Å²) < 4.78 is 12.6. The summed E-state index contributed by atoms with van der Waals surface area (Å²) in [7, 11) is 1.82. The molecule has 3 rings (SSSR count). The van der Waals surface area contributed by atoms with Gasteiger partial charge in [-0.15, -0.1) is 5.10 Å². The van der Waals surface area contributed by atoms with E-state index < -0.39 is 24.4 Å². The van der Waals surface area contributed by atoms with Crippen molar-refractivity contribution in [2.45, 2.75) is 43.9 Å². The number of hydrogen-bond acceptors (Lipinski definition) is 9. The number of rotatable bonds is 9. The minimum absolute atomic E-state index is 0.000198. The highest BCUT2D eigenvalue weighted by Crippen LogP contribution is 2.24. The van der Waals surface area contributed by atoms with Gasteiger partial charge >= 0.3 is 0 Å². The quantitative estimate of drug-likeness (QED) is 0.351. The number of morpholine rings is 1. The molecule has 2 saturated heterocycles. The van der Waals surface area contributed by atoms with E-state index in [2.05, 4.69) is 25.8 Å². The maximum atomic E-state index is 12.2. The Balaban J connectivity index is 1.41. The number of amides is 1. The highest BCUT2D eigenvalue weighted by molar-refractivity contribution is 5.76. The smallest absolute Gasteiger partial charge is 0.222 e. The lowest BCUT2D eigenvalue weighted by molar-refractivity contribution is -0.125. The normalized spacial score (nSPS) is 28.5. The first-order chi connectivity index (χ1) is 13.6. The molecular formula is C17H30N6O5. The van der Waals surface area contributed by atoms with Crippen LogP contribution in [0, 0.1) is 0 Å². The van der Waals surface area contributed by atoms with Gasteiger partial charge in [-0.05, 0) is 7.05 Å². The first-order valence-electron chi connectivity index (χ1n) is 9.69. The lowest BCUT2D eigenvalue weighted by Crippen LogP contribution is -2.42. The molecule has 0 spiro atoms. The molecule has 0 radical (unpaired) electrons. The maximum absolute atomic E-state index is 12.2. The topological polar surface area (TPSA) is 134 Å². The highest BCUT2D eigenvalue weighted by atomic mass is 16.5. The van der Waals surface area contributed by atoms with Crippen LogP contribution < -0.4 is 10.6 Å². The summed E-state index contributed by atoms with van der Waals surface area (Å²) in [5.41, 5.74) is 0.770. The number of nitrogens with zero attached hydrogens (tertiary/aromatic N) is 4. The first-order valence-corrected chi connectivity index (χ1v) is 9.69. The van der Waals surface area contributed by atoms with Crippen molar-refractivity contribution in [2.24, 2.45) is 0 Å². The molecule has 0 unspecified atom stereocenters. The summed E-state index contributed by atoms with van der Waals surface area (Å²) in [5, 5.41) is 34.3. The number of nitrogens with one attached hydrogen (secondary N) is 2. The van der Waals surface area contributed by atoms with Crippen molar-refractivity contribution < 1.29 is 24.5 Å². The second-order valence-electron chi connectivity index (χ2n) is 7.16. The van der Waals surface area contributed by atoms with Crippen molar-refractivity contribution >= 4 is 5.91 Å². The molecule has 0 aromatic carbocycles. The Bertz CT molecular complexity index is 623. The average Bonchev–Trinajstić information content (AvgIpc) is 3.23. The van der Waals surface area contributed by atoms with Gasteiger partial charge in [-0.1, -0.05) is 5.21 Å². The number of carbonyl (C=O) groups is 1. The molecule has 0 bridgehead atoms. The molecule has 2 fully saturated rings. The molecule has 3 heterocycles. The molecule has 1 amide bonds. The van der Waals surface area contributed by atoms with Gasteiger partial charge < -0.3 is 30.3 Å². The van der Waals surface area contributed by atoms with Crippen molar-refractivity contribution in [3.63, 3.8) is 0 Å². The minimum Gasteiger partial charge on any atom is -0.388 e. The number of ether oxygens (including phenoxy) is 2. The Morgan fingerprint density at radius 1 is 1.29 bits per heavy atom. The molecule has 11 heteroatoms.